The van der Waals surface area contributed by atoms with Gasteiger partial charge in [-0.3, -0.25) is 9.59 Å². The number of rotatable bonds is 15. The van der Waals surface area contributed by atoms with Crippen LogP contribution in [-0.4, -0.2) is 52.8 Å². The van der Waals surface area contributed by atoms with Crippen LogP contribution >= 0.6 is 0 Å². The maximum absolute atomic E-state index is 9.64. The van der Waals surface area contributed by atoms with Crippen LogP contribution in [0.1, 0.15) is 91.9 Å². The number of hydrogen-bond donors (Lipinski definition) is 2. The zero-order valence-electron chi connectivity index (χ0n) is 17.4. The summed E-state index contributed by atoms with van der Waals surface area (Å²) >= 11 is 0. The third kappa shape index (κ3) is 19.5. The monoisotopic (exact) mass is 395 g/mol. The molecule has 6 heteroatoms. The number of carboxylic acid groups (broad SMARTS) is 2. The first-order chi connectivity index (χ1) is 11.9. The Bertz CT molecular complexity index is 286. The Morgan fingerprint density at radius 2 is 0.846 bits per heavy atom. The van der Waals surface area contributed by atoms with Crippen molar-refractivity contribution >= 4 is 11.9 Å². The molecule has 0 aliphatic heterocycles. The predicted octanol–water partition coefficient (Wildman–Crippen LogP) is 1.94. The first-order valence-electron chi connectivity index (χ1n) is 10.2. The highest BCUT2D eigenvalue weighted by Gasteiger charge is 2.24. The summed E-state index contributed by atoms with van der Waals surface area (Å²) in [5.74, 6) is -2.15. The first kappa shape index (κ1) is 29.9. The van der Waals surface area contributed by atoms with E-state index in [0.29, 0.717) is 0 Å². The van der Waals surface area contributed by atoms with Gasteiger partial charge >= 0.3 is 11.9 Å². The van der Waals surface area contributed by atoms with Gasteiger partial charge in [0.1, 0.15) is 0 Å². The molecule has 0 rings (SSSR count). The molecule has 0 spiro atoms. The topological polar surface area (TPSA) is 74.6 Å². The molecular formula is C20H42ClNO4. The molecule has 0 saturated heterocycles. The molecule has 0 unspecified atom stereocenters. The molecule has 2 N–H and O–H groups in total. The Morgan fingerprint density at radius 3 is 1.00 bits per heavy atom. The average molecular weight is 396 g/mol. The largest absolute Gasteiger partial charge is 1.00 e. The molecule has 0 atom stereocenters. The van der Waals surface area contributed by atoms with Gasteiger partial charge in [-0.15, -0.1) is 0 Å². The smallest absolute Gasteiger partial charge is 0.303 e. The fraction of sp³-hybridized carbons (Fsp3) is 0.900. The minimum Gasteiger partial charge on any atom is -1.00 e. The van der Waals surface area contributed by atoms with E-state index < -0.39 is 11.9 Å². The maximum atomic E-state index is 9.64. The Kier molecular flexibility index (Phi) is 23.6. The van der Waals surface area contributed by atoms with Crippen molar-refractivity contribution in [1.29, 1.82) is 0 Å². The third-order valence-corrected chi connectivity index (χ3v) is 4.50. The molecule has 0 saturated carbocycles. The first-order valence-corrected chi connectivity index (χ1v) is 10.2. The lowest BCUT2D eigenvalue weighted by atomic mass is 10.1. The summed E-state index contributed by atoms with van der Waals surface area (Å²) in [5.41, 5.74) is 0. The predicted molar refractivity (Wildman–Crippen MR) is 104 cm³/mol. The van der Waals surface area contributed by atoms with Crippen LogP contribution in [0.5, 0.6) is 0 Å². The normalized spacial score (nSPS) is 10.5. The van der Waals surface area contributed by atoms with Crippen LogP contribution in [0.4, 0.5) is 0 Å². The van der Waals surface area contributed by atoms with E-state index in [-0.39, 0.29) is 25.2 Å². The molecule has 0 aromatic heterocycles. The average Bonchev–Trinajstić information content (AvgIpc) is 2.59. The van der Waals surface area contributed by atoms with Gasteiger partial charge in [0.15, 0.2) is 0 Å². The van der Waals surface area contributed by atoms with E-state index in [1.165, 1.54) is 82.0 Å². The van der Waals surface area contributed by atoms with E-state index in [1.54, 1.807) is 0 Å². The van der Waals surface area contributed by atoms with E-state index >= 15 is 0 Å². The standard InChI is InChI=1S/C16H36N.C4H6O4.ClH/c1-5-9-13-17(14-10-6-2,15-11-7-3)16-12-8-4;5-3(6)1-2-4(7)8;/h5-16H2,1-4H3;1-2H2,(H,5,6)(H,7,8);1H/q+1;;/p-1. The molecule has 0 heterocycles. The second kappa shape index (κ2) is 20.5. The van der Waals surface area contributed by atoms with Crippen molar-refractivity contribution in [2.75, 3.05) is 26.2 Å². The van der Waals surface area contributed by atoms with Crippen molar-refractivity contribution in [3.05, 3.63) is 0 Å². The van der Waals surface area contributed by atoms with Gasteiger partial charge in [-0.2, -0.15) is 0 Å². The molecule has 26 heavy (non-hydrogen) atoms. The Hall–Kier alpha value is -0.810. The van der Waals surface area contributed by atoms with Gasteiger partial charge < -0.3 is 27.1 Å². The van der Waals surface area contributed by atoms with E-state index in [9.17, 15) is 9.59 Å². The second-order valence-electron chi connectivity index (χ2n) is 6.94. The number of unbranched alkanes of at least 4 members (excludes halogenated alkanes) is 4. The number of carboxylic acids is 2. The highest BCUT2D eigenvalue weighted by atomic mass is 35.5. The molecule has 0 bridgehead atoms. The van der Waals surface area contributed by atoms with E-state index in [4.69, 9.17) is 10.2 Å². The van der Waals surface area contributed by atoms with E-state index in [2.05, 4.69) is 27.7 Å². The minimum absolute atomic E-state index is 0. The van der Waals surface area contributed by atoms with Crippen molar-refractivity contribution in [3.63, 3.8) is 0 Å². The molecule has 0 aromatic carbocycles. The van der Waals surface area contributed by atoms with E-state index in [0.717, 1.165) is 0 Å². The molecule has 158 valence electrons. The Balaban J connectivity index is -0.000000498. The molecule has 0 amide bonds. The molecule has 0 aromatic rings. The maximum Gasteiger partial charge on any atom is 0.303 e. The molecule has 0 aliphatic rings. The van der Waals surface area contributed by atoms with Gasteiger partial charge in [-0.25, -0.2) is 0 Å². The van der Waals surface area contributed by atoms with Crippen molar-refractivity contribution in [1.82, 2.24) is 0 Å². The van der Waals surface area contributed by atoms with Crippen LogP contribution < -0.4 is 12.4 Å². The lowest BCUT2D eigenvalue weighted by molar-refractivity contribution is -0.929. The summed E-state index contributed by atoms with van der Waals surface area (Å²) in [7, 11) is 0. The summed E-state index contributed by atoms with van der Waals surface area (Å²) in [5, 5.41) is 15.8. The van der Waals surface area contributed by atoms with Crippen LogP contribution in [0, 0.1) is 0 Å². The highest BCUT2D eigenvalue weighted by Crippen LogP contribution is 2.16. The highest BCUT2D eigenvalue weighted by molar-refractivity contribution is 5.75. The van der Waals surface area contributed by atoms with Crippen LogP contribution in [0.3, 0.4) is 0 Å². The van der Waals surface area contributed by atoms with Crippen LogP contribution in [-0.2, 0) is 9.59 Å². The van der Waals surface area contributed by atoms with Crippen molar-refractivity contribution < 1.29 is 36.7 Å². The van der Waals surface area contributed by atoms with E-state index in [1.807, 2.05) is 0 Å². The summed E-state index contributed by atoms with van der Waals surface area (Å²) < 4.78 is 1.42. The Morgan fingerprint density at radius 1 is 0.615 bits per heavy atom. The lowest BCUT2D eigenvalue weighted by Crippen LogP contribution is -3.00. The van der Waals surface area contributed by atoms with Crippen LogP contribution in [0.15, 0.2) is 0 Å². The number of quaternary nitrogens is 1. The summed E-state index contributed by atoms with van der Waals surface area (Å²) in [6, 6.07) is 0. The SMILES string of the molecule is CCCC[N+](CCCC)(CCCC)CCCC.O=C(O)CCC(=O)O.[Cl-]. The number of nitrogens with zero attached hydrogens (tertiary/aromatic N) is 1. The number of carbonyl (C=O) groups is 2. The summed E-state index contributed by atoms with van der Waals surface area (Å²) in [4.78, 5) is 19.3. The van der Waals surface area contributed by atoms with Crippen molar-refractivity contribution in [3.8, 4) is 0 Å². The fourth-order valence-corrected chi connectivity index (χ4v) is 2.86. The third-order valence-electron chi connectivity index (χ3n) is 4.50. The van der Waals surface area contributed by atoms with Gasteiger partial charge in [0.2, 0.25) is 0 Å². The number of hydrogen-bond acceptors (Lipinski definition) is 2. The van der Waals surface area contributed by atoms with Gasteiger partial charge in [-0.1, -0.05) is 53.4 Å². The summed E-state index contributed by atoms with van der Waals surface area (Å²) in [6.07, 6.45) is 10.5. The van der Waals surface area contributed by atoms with Crippen molar-refractivity contribution in [2.24, 2.45) is 0 Å². The molecular weight excluding hydrogens is 354 g/mol. The van der Waals surface area contributed by atoms with Crippen molar-refractivity contribution in [2.45, 2.75) is 91.9 Å². The number of halogens is 1. The molecule has 0 aliphatic carbocycles. The van der Waals surface area contributed by atoms with Gasteiger partial charge in [0.05, 0.1) is 39.0 Å². The Labute approximate surface area is 167 Å². The van der Waals surface area contributed by atoms with Crippen LogP contribution in [0.25, 0.3) is 0 Å². The quantitative estimate of drug-likeness (QED) is 0.415. The molecule has 0 fully saturated rings. The minimum atomic E-state index is -1.08. The van der Waals surface area contributed by atoms with Gasteiger partial charge in [0, 0.05) is 0 Å². The second-order valence-corrected chi connectivity index (χ2v) is 6.94. The van der Waals surface area contributed by atoms with Gasteiger partial charge in [0.25, 0.3) is 0 Å². The molecule has 5 nitrogen and oxygen atoms in total. The fourth-order valence-electron chi connectivity index (χ4n) is 2.86. The number of aliphatic carboxylic acids is 2. The molecule has 0 radical (unpaired) electrons. The zero-order chi connectivity index (χ0) is 19.6. The zero-order valence-corrected chi connectivity index (χ0v) is 18.2. The lowest BCUT2D eigenvalue weighted by Gasteiger charge is -2.39. The summed E-state index contributed by atoms with van der Waals surface area (Å²) in [6.45, 7) is 15.0. The van der Waals surface area contributed by atoms with Crippen LogP contribution in [0.2, 0.25) is 0 Å². The van der Waals surface area contributed by atoms with Gasteiger partial charge in [-0.05, 0) is 25.7 Å².